The van der Waals surface area contributed by atoms with E-state index in [-0.39, 0.29) is 34.7 Å². The Morgan fingerprint density at radius 1 is 1.32 bits per heavy atom. The van der Waals surface area contributed by atoms with Gasteiger partial charge >= 0.3 is 0 Å². The zero-order valence-corrected chi connectivity index (χ0v) is 14.8. The molecule has 134 valence electrons. The molecule has 2 N–H and O–H groups in total. The van der Waals surface area contributed by atoms with Gasteiger partial charge in [-0.15, -0.1) is 0 Å². The maximum atomic E-state index is 11.3. The van der Waals surface area contributed by atoms with E-state index in [1.54, 1.807) is 0 Å². The van der Waals surface area contributed by atoms with E-state index in [0.717, 1.165) is 12.1 Å². The molecule has 0 aromatic heterocycles. The summed E-state index contributed by atoms with van der Waals surface area (Å²) in [5.41, 5.74) is 0.258. The van der Waals surface area contributed by atoms with Gasteiger partial charge in [-0.05, 0) is 40.8 Å². The van der Waals surface area contributed by atoms with Crippen LogP contribution < -0.4 is 10.1 Å². The molecule has 0 radical (unpaired) electrons. The minimum absolute atomic E-state index is 0.0543. The summed E-state index contributed by atoms with van der Waals surface area (Å²) in [7, 11) is 1.46. The number of nitrogens with one attached hydrogen (secondary N) is 1. The van der Waals surface area contributed by atoms with E-state index in [9.17, 15) is 9.90 Å². The lowest BCUT2D eigenvalue weighted by Crippen LogP contribution is -2.24. The maximum Gasteiger partial charge on any atom is 0.257 e. The van der Waals surface area contributed by atoms with Crippen LogP contribution in [0.5, 0.6) is 11.5 Å². The van der Waals surface area contributed by atoms with Gasteiger partial charge in [-0.2, -0.15) is 0 Å². The second-order valence-corrected chi connectivity index (χ2v) is 6.05. The molecule has 0 unspecified atom stereocenters. The highest BCUT2D eigenvalue weighted by Gasteiger charge is 2.13. The second-order valence-electron chi connectivity index (χ2n) is 5.23. The molecular formula is C19H21Cl2NO3. The number of amides is 1. The van der Waals surface area contributed by atoms with Crippen LogP contribution in [-0.2, 0) is 11.2 Å². The molecule has 0 spiro atoms. The molecule has 0 saturated heterocycles. The largest absolute Gasteiger partial charge is 0.508 e. The van der Waals surface area contributed by atoms with Crippen molar-refractivity contribution in [2.24, 2.45) is 0 Å². The second kappa shape index (κ2) is 8.45. The number of carbonyl (C=O) groups is 1. The van der Waals surface area contributed by atoms with Crippen molar-refractivity contribution >= 4 is 29.1 Å². The monoisotopic (exact) mass is 388 g/mol. The predicted octanol–water partition coefficient (Wildman–Crippen LogP) is 4.54. The Labute approximate surface area is 167 Å². The number of aromatic hydroxyl groups is 1. The number of hydrogen-bond donors (Lipinski definition) is 2. The summed E-state index contributed by atoms with van der Waals surface area (Å²) in [6.45, 7) is -6.72. The highest BCUT2D eigenvalue weighted by Crippen LogP contribution is 2.33. The normalized spacial score (nSPS) is 16.4. The smallest absolute Gasteiger partial charge is 0.257 e. The average Bonchev–Trinajstić information content (AvgIpc) is 2.67. The van der Waals surface area contributed by atoms with Crippen molar-refractivity contribution in [1.82, 2.24) is 5.32 Å². The summed E-state index contributed by atoms with van der Waals surface area (Å²) >= 11 is 12.6. The SMILES string of the molecule is [2H]C([2H])([2H])C([2H])(c1cc(Cc2c(Cl)cc(OCC(=O)NC)cc2Cl)ccc1O)C([2H])([2H])[2H]. The molecule has 0 aliphatic carbocycles. The van der Waals surface area contributed by atoms with Crippen molar-refractivity contribution in [3.05, 3.63) is 57.1 Å². The van der Waals surface area contributed by atoms with Crippen LogP contribution in [0, 0.1) is 0 Å². The van der Waals surface area contributed by atoms with Crippen molar-refractivity contribution in [1.29, 1.82) is 0 Å². The number of hydrogen-bond acceptors (Lipinski definition) is 3. The van der Waals surface area contributed by atoms with Crippen LogP contribution in [-0.4, -0.2) is 24.7 Å². The van der Waals surface area contributed by atoms with Crippen LogP contribution in [0.25, 0.3) is 0 Å². The molecule has 0 saturated carbocycles. The number of carbonyl (C=O) groups excluding carboxylic acids is 1. The number of phenolic OH excluding ortho intramolecular Hbond substituents is 1. The molecular weight excluding hydrogens is 361 g/mol. The lowest BCUT2D eigenvalue weighted by molar-refractivity contribution is -0.122. The Hall–Kier alpha value is -1.91. The van der Waals surface area contributed by atoms with Crippen LogP contribution >= 0.6 is 23.2 Å². The van der Waals surface area contributed by atoms with Gasteiger partial charge in [0, 0.05) is 33.1 Å². The highest BCUT2D eigenvalue weighted by atomic mass is 35.5. The van der Waals surface area contributed by atoms with Gasteiger partial charge in [-0.1, -0.05) is 49.0 Å². The fraction of sp³-hybridized carbons (Fsp3) is 0.316. The molecule has 2 rings (SSSR count). The van der Waals surface area contributed by atoms with Crippen molar-refractivity contribution < 1.29 is 24.2 Å². The number of benzene rings is 2. The molecule has 0 aliphatic rings. The van der Waals surface area contributed by atoms with E-state index < -0.39 is 30.9 Å². The van der Waals surface area contributed by atoms with Gasteiger partial charge in [-0.3, -0.25) is 4.79 Å². The Morgan fingerprint density at radius 2 is 2.00 bits per heavy atom. The van der Waals surface area contributed by atoms with Gasteiger partial charge in [0.1, 0.15) is 11.5 Å². The minimum atomic E-state index is -3.24. The zero-order chi connectivity index (χ0) is 24.5. The molecule has 25 heavy (non-hydrogen) atoms. The van der Waals surface area contributed by atoms with Crippen LogP contribution in [0.2, 0.25) is 10.0 Å². The number of halogens is 2. The topological polar surface area (TPSA) is 58.6 Å². The van der Waals surface area contributed by atoms with Gasteiger partial charge in [0.15, 0.2) is 6.61 Å². The quantitative estimate of drug-likeness (QED) is 0.763. The zero-order valence-electron chi connectivity index (χ0n) is 20.3. The van der Waals surface area contributed by atoms with E-state index >= 15 is 0 Å². The highest BCUT2D eigenvalue weighted by molar-refractivity contribution is 6.36. The standard InChI is InChI=1S/C19H21Cl2NO3/c1-11(2)14-6-12(4-5-18(14)23)7-15-16(20)8-13(9-17(15)21)25-10-19(24)22-3/h4-6,8-9,11,23H,7,10H2,1-3H3,(H,22,24)/i1D3,2D3,11D. The Kier molecular flexibility index (Phi) is 3.94. The third-order valence-corrected chi connectivity index (χ3v) is 4.15. The first-order valence-corrected chi connectivity index (χ1v) is 8.01. The van der Waals surface area contributed by atoms with E-state index in [1.807, 2.05) is 0 Å². The lowest BCUT2D eigenvalue weighted by Gasteiger charge is -2.13. The summed E-state index contributed by atoms with van der Waals surface area (Å²) in [6.07, 6.45) is 0.0543. The van der Waals surface area contributed by atoms with Crippen molar-refractivity contribution in [3.8, 4) is 11.5 Å². The number of ether oxygens (including phenoxy) is 1. The molecule has 0 bridgehead atoms. The summed E-state index contributed by atoms with van der Waals surface area (Å²) in [4.78, 5) is 11.3. The molecule has 4 nitrogen and oxygen atoms in total. The molecule has 6 heteroatoms. The van der Waals surface area contributed by atoms with Crippen LogP contribution in [0.3, 0.4) is 0 Å². The van der Waals surface area contributed by atoms with E-state index in [1.165, 1.54) is 25.2 Å². The molecule has 2 aromatic rings. The van der Waals surface area contributed by atoms with Gasteiger partial charge in [0.05, 0.1) is 0 Å². The molecule has 1 amide bonds. The van der Waals surface area contributed by atoms with Crippen molar-refractivity contribution in [2.45, 2.75) is 26.0 Å². The number of phenols is 1. The first kappa shape index (κ1) is 11.7. The first-order valence-electron chi connectivity index (χ1n) is 10.8. The minimum Gasteiger partial charge on any atom is -0.508 e. The van der Waals surface area contributed by atoms with Crippen LogP contribution in [0.15, 0.2) is 30.3 Å². The molecule has 2 aromatic carbocycles. The predicted molar refractivity (Wildman–Crippen MR) is 101 cm³/mol. The third-order valence-electron chi connectivity index (χ3n) is 3.47. The average molecular weight is 389 g/mol. The van der Waals surface area contributed by atoms with Gasteiger partial charge in [0.25, 0.3) is 5.91 Å². The van der Waals surface area contributed by atoms with Crippen LogP contribution in [0.1, 0.15) is 45.9 Å². The number of likely N-dealkylation sites (N-methyl/N-ethyl adjacent to an activating group) is 1. The molecule has 0 atom stereocenters. The summed E-state index contributed by atoms with van der Waals surface area (Å²) in [5.74, 6) is -3.76. The maximum absolute atomic E-state index is 11.3. The van der Waals surface area contributed by atoms with E-state index in [2.05, 4.69) is 5.32 Å². The molecule has 0 heterocycles. The van der Waals surface area contributed by atoms with Crippen molar-refractivity contribution in [3.63, 3.8) is 0 Å². The van der Waals surface area contributed by atoms with E-state index in [0.29, 0.717) is 11.1 Å². The van der Waals surface area contributed by atoms with Gasteiger partial charge < -0.3 is 15.2 Å². The third kappa shape index (κ3) is 5.03. The summed E-state index contributed by atoms with van der Waals surface area (Å²) < 4.78 is 59.4. The number of rotatable bonds is 6. The fourth-order valence-corrected chi connectivity index (χ4v) is 2.75. The lowest BCUT2D eigenvalue weighted by atomic mass is 9.96. The summed E-state index contributed by atoms with van der Waals surface area (Å²) in [6, 6.07) is 6.64. The summed E-state index contributed by atoms with van der Waals surface area (Å²) in [5, 5.41) is 13.0. The van der Waals surface area contributed by atoms with Crippen LogP contribution in [0.4, 0.5) is 0 Å². The Morgan fingerprint density at radius 3 is 2.60 bits per heavy atom. The molecule has 0 fully saturated rings. The van der Waals surface area contributed by atoms with Gasteiger partial charge in [-0.25, -0.2) is 0 Å². The van der Waals surface area contributed by atoms with Crippen molar-refractivity contribution in [2.75, 3.05) is 13.7 Å². The first-order chi connectivity index (χ1) is 14.6. The Balaban J connectivity index is 2.45. The molecule has 0 aliphatic heterocycles. The van der Waals surface area contributed by atoms with Gasteiger partial charge in [0.2, 0.25) is 0 Å². The van der Waals surface area contributed by atoms with E-state index in [4.69, 9.17) is 37.5 Å². The fourth-order valence-electron chi connectivity index (χ4n) is 2.15. The Bertz CT molecular complexity index is 972.